The molecule has 0 bridgehead atoms. The van der Waals surface area contributed by atoms with Crippen molar-refractivity contribution >= 4 is 17.7 Å². The van der Waals surface area contributed by atoms with Crippen LogP contribution in [0.25, 0.3) is 0 Å². The molecule has 1 aliphatic carbocycles. The molecule has 2 N–H and O–H groups in total. The molecule has 0 aromatic heterocycles. The zero-order valence-corrected chi connectivity index (χ0v) is 8.93. The molecule has 1 fully saturated rings. The number of amides is 1. The van der Waals surface area contributed by atoms with Crippen LogP contribution in [-0.4, -0.2) is 34.2 Å². The van der Waals surface area contributed by atoms with E-state index in [1.807, 2.05) is 6.92 Å². The highest BCUT2D eigenvalue weighted by molar-refractivity contribution is 8.00. The van der Waals surface area contributed by atoms with Crippen LogP contribution < -0.4 is 5.32 Å². The van der Waals surface area contributed by atoms with Crippen molar-refractivity contribution in [2.75, 3.05) is 5.75 Å². The van der Waals surface area contributed by atoms with E-state index in [1.54, 1.807) is 6.92 Å². The first kappa shape index (κ1) is 10.9. The van der Waals surface area contributed by atoms with Gasteiger partial charge in [-0.2, -0.15) is 0 Å². The molecule has 1 amide bonds. The summed E-state index contributed by atoms with van der Waals surface area (Å²) in [5, 5.41) is 12.2. The number of nitrogens with one attached hydrogen (secondary N) is 1. The Morgan fingerprint density at radius 1 is 1.62 bits per heavy atom. The summed E-state index contributed by atoms with van der Waals surface area (Å²) in [6.45, 7) is 3.68. The van der Waals surface area contributed by atoms with Gasteiger partial charge in [0.05, 0.1) is 11.9 Å². The molecule has 76 valence electrons. The Hall–Kier alpha value is -0.220. The number of rotatable bonds is 5. The van der Waals surface area contributed by atoms with Crippen molar-refractivity contribution in [1.29, 1.82) is 0 Å². The SMILES string of the molecule is C[C@@H](O)[C@@H](C)SCC(=O)NC1CC1. The minimum atomic E-state index is -0.348. The highest BCUT2D eigenvalue weighted by atomic mass is 32.2. The lowest BCUT2D eigenvalue weighted by Crippen LogP contribution is -2.28. The maximum Gasteiger partial charge on any atom is 0.230 e. The number of aliphatic hydroxyl groups excluding tert-OH is 1. The van der Waals surface area contributed by atoms with E-state index < -0.39 is 0 Å². The summed E-state index contributed by atoms with van der Waals surface area (Å²) in [6, 6.07) is 0.440. The molecule has 0 heterocycles. The van der Waals surface area contributed by atoms with Gasteiger partial charge in [0.15, 0.2) is 0 Å². The monoisotopic (exact) mass is 203 g/mol. The molecule has 1 rings (SSSR count). The highest BCUT2D eigenvalue weighted by Crippen LogP contribution is 2.19. The minimum absolute atomic E-state index is 0.0972. The van der Waals surface area contributed by atoms with E-state index in [-0.39, 0.29) is 17.3 Å². The summed E-state index contributed by atoms with van der Waals surface area (Å²) in [5.74, 6) is 0.558. The van der Waals surface area contributed by atoms with Gasteiger partial charge in [-0.05, 0) is 19.8 Å². The van der Waals surface area contributed by atoms with Gasteiger partial charge >= 0.3 is 0 Å². The molecule has 4 heteroatoms. The summed E-state index contributed by atoms with van der Waals surface area (Å²) >= 11 is 1.50. The Labute approximate surface area is 83.3 Å². The zero-order chi connectivity index (χ0) is 9.84. The summed E-state index contributed by atoms with van der Waals surface area (Å²) in [5.41, 5.74) is 0. The van der Waals surface area contributed by atoms with Crippen molar-refractivity contribution in [2.45, 2.75) is 44.1 Å². The van der Waals surface area contributed by atoms with Crippen LogP contribution in [0, 0.1) is 0 Å². The predicted octanol–water partition coefficient (Wildman–Crippen LogP) is 0.767. The largest absolute Gasteiger partial charge is 0.392 e. The fourth-order valence-electron chi connectivity index (χ4n) is 0.843. The fourth-order valence-corrected chi connectivity index (χ4v) is 1.62. The van der Waals surface area contributed by atoms with Gasteiger partial charge in [-0.15, -0.1) is 11.8 Å². The summed E-state index contributed by atoms with van der Waals surface area (Å²) in [4.78, 5) is 11.2. The first-order valence-electron chi connectivity index (χ1n) is 4.68. The van der Waals surface area contributed by atoms with Crippen molar-refractivity contribution in [3.63, 3.8) is 0 Å². The number of hydrogen-bond acceptors (Lipinski definition) is 3. The first-order valence-corrected chi connectivity index (χ1v) is 5.73. The summed E-state index contributed by atoms with van der Waals surface area (Å²) < 4.78 is 0. The molecule has 13 heavy (non-hydrogen) atoms. The Bertz CT molecular complexity index is 180. The summed E-state index contributed by atoms with van der Waals surface area (Å²) in [6.07, 6.45) is 1.91. The maximum absolute atomic E-state index is 11.2. The quantitative estimate of drug-likeness (QED) is 0.694. The van der Waals surface area contributed by atoms with Crippen molar-refractivity contribution in [1.82, 2.24) is 5.32 Å². The third kappa shape index (κ3) is 4.52. The number of thioether (sulfide) groups is 1. The molecule has 2 atom stereocenters. The molecule has 3 nitrogen and oxygen atoms in total. The Morgan fingerprint density at radius 2 is 2.23 bits per heavy atom. The number of aliphatic hydroxyl groups is 1. The van der Waals surface area contributed by atoms with E-state index in [0.29, 0.717) is 11.8 Å². The molecule has 0 aromatic carbocycles. The molecule has 1 aliphatic rings. The Morgan fingerprint density at radius 3 is 2.69 bits per heavy atom. The molecular weight excluding hydrogens is 186 g/mol. The van der Waals surface area contributed by atoms with Crippen molar-refractivity contribution < 1.29 is 9.90 Å². The van der Waals surface area contributed by atoms with Crippen molar-refractivity contribution in [2.24, 2.45) is 0 Å². The van der Waals surface area contributed by atoms with E-state index in [1.165, 1.54) is 11.8 Å². The topological polar surface area (TPSA) is 49.3 Å². The van der Waals surface area contributed by atoms with Crippen molar-refractivity contribution in [3.05, 3.63) is 0 Å². The Kier molecular flexibility index (Phi) is 4.06. The molecule has 0 radical (unpaired) electrons. The third-order valence-electron chi connectivity index (χ3n) is 2.10. The molecule has 0 saturated heterocycles. The van der Waals surface area contributed by atoms with Gasteiger partial charge < -0.3 is 10.4 Å². The normalized spacial score (nSPS) is 20.8. The van der Waals surface area contributed by atoms with Crippen LogP contribution in [0.15, 0.2) is 0 Å². The second-order valence-corrected chi connectivity index (χ2v) is 4.96. The lowest BCUT2D eigenvalue weighted by Gasteiger charge is -2.13. The molecular formula is C9H17NO2S. The van der Waals surface area contributed by atoms with E-state index in [4.69, 9.17) is 0 Å². The maximum atomic E-state index is 11.2. The van der Waals surface area contributed by atoms with Gasteiger partial charge in [0.1, 0.15) is 0 Å². The third-order valence-corrected chi connectivity index (χ3v) is 3.45. The van der Waals surface area contributed by atoms with Gasteiger partial charge in [0.25, 0.3) is 0 Å². The van der Waals surface area contributed by atoms with Gasteiger partial charge in [-0.25, -0.2) is 0 Å². The van der Waals surface area contributed by atoms with E-state index >= 15 is 0 Å². The van der Waals surface area contributed by atoms with E-state index in [9.17, 15) is 9.90 Å². The average Bonchev–Trinajstić information content (AvgIpc) is 2.83. The van der Waals surface area contributed by atoms with Crippen LogP contribution in [0.5, 0.6) is 0 Å². The molecule has 0 aromatic rings. The second-order valence-electron chi connectivity index (χ2n) is 3.60. The lowest BCUT2D eigenvalue weighted by atomic mass is 10.3. The average molecular weight is 203 g/mol. The number of carbonyl (C=O) groups excluding carboxylic acids is 1. The van der Waals surface area contributed by atoms with Crippen LogP contribution in [0.1, 0.15) is 26.7 Å². The van der Waals surface area contributed by atoms with Crippen molar-refractivity contribution in [3.8, 4) is 0 Å². The van der Waals surface area contributed by atoms with Crippen LogP contribution in [0.3, 0.4) is 0 Å². The van der Waals surface area contributed by atoms with Gasteiger partial charge in [-0.1, -0.05) is 6.92 Å². The lowest BCUT2D eigenvalue weighted by molar-refractivity contribution is -0.118. The molecule has 0 aliphatic heterocycles. The number of hydrogen-bond donors (Lipinski definition) is 2. The van der Waals surface area contributed by atoms with Gasteiger partial charge in [-0.3, -0.25) is 4.79 Å². The first-order chi connectivity index (χ1) is 6.09. The molecule has 0 unspecified atom stereocenters. The van der Waals surface area contributed by atoms with Gasteiger partial charge in [0, 0.05) is 11.3 Å². The highest BCUT2D eigenvalue weighted by Gasteiger charge is 2.23. The fraction of sp³-hybridized carbons (Fsp3) is 0.889. The standard InChI is InChI=1S/C9H17NO2S/c1-6(11)7(2)13-5-9(12)10-8-3-4-8/h6-8,11H,3-5H2,1-2H3,(H,10,12)/t6-,7-/m1/s1. The van der Waals surface area contributed by atoms with Gasteiger partial charge in [0.2, 0.25) is 5.91 Å². The molecule has 0 spiro atoms. The predicted molar refractivity (Wildman–Crippen MR) is 54.8 cm³/mol. The van der Waals surface area contributed by atoms with Crippen LogP contribution in [0.2, 0.25) is 0 Å². The van der Waals surface area contributed by atoms with E-state index in [0.717, 1.165) is 12.8 Å². The smallest absolute Gasteiger partial charge is 0.230 e. The van der Waals surface area contributed by atoms with Crippen LogP contribution in [-0.2, 0) is 4.79 Å². The second kappa shape index (κ2) is 4.86. The number of carbonyl (C=O) groups is 1. The minimum Gasteiger partial charge on any atom is -0.392 e. The molecule has 1 saturated carbocycles. The van der Waals surface area contributed by atoms with Crippen LogP contribution in [0.4, 0.5) is 0 Å². The van der Waals surface area contributed by atoms with E-state index in [2.05, 4.69) is 5.32 Å². The summed E-state index contributed by atoms with van der Waals surface area (Å²) in [7, 11) is 0. The Balaban J connectivity index is 2.06. The zero-order valence-electron chi connectivity index (χ0n) is 8.12. The van der Waals surface area contributed by atoms with Crippen LogP contribution >= 0.6 is 11.8 Å².